The molecule has 1 aromatic carbocycles. The number of amides is 1. The van der Waals surface area contributed by atoms with Crippen molar-refractivity contribution in [2.75, 3.05) is 13.2 Å². The highest BCUT2D eigenvalue weighted by molar-refractivity contribution is 5.97. The van der Waals surface area contributed by atoms with Crippen LogP contribution < -0.4 is 4.74 Å². The van der Waals surface area contributed by atoms with Gasteiger partial charge in [-0.3, -0.25) is 4.79 Å². The maximum Gasteiger partial charge on any atom is 0.326 e. The highest BCUT2D eigenvalue weighted by atomic mass is 16.5. The second-order valence-electron chi connectivity index (χ2n) is 4.87. The molecule has 0 bridgehead atoms. The summed E-state index contributed by atoms with van der Waals surface area (Å²) in [4.78, 5) is 24.8. The molecule has 1 fully saturated rings. The average molecular weight is 277 g/mol. The van der Waals surface area contributed by atoms with Crippen LogP contribution in [0.4, 0.5) is 0 Å². The molecule has 0 aromatic heterocycles. The standard InChI is InChI=1S/C15H19NO4/c1-2-10-20-12-7-5-11(6-8-12)14(17)16-9-3-4-13(16)15(18)19/h5-8,13H,2-4,9-10H2,1H3,(H,18,19)/t13-/m1/s1. The van der Waals surface area contributed by atoms with Crippen LogP contribution >= 0.6 is 0 Å². The second-order valence-corrected chi connectivity index (χ2v) is 4.87. The van der Waals surface area contributed by atoms with Crippen molar-refractivity contribution in [1.29, 1.82) is 0 Å². The molecule has 20 heavy (non-hydrogen) atoms. The number of carboxylic acid groups (broad SMARTS) is 1. The van der Waals surface area contributed by atoms with Gasteiger partial charge in [0.15, 0.2) is 0 Å². The van der Waals surface area contributed by atoms with E-state index in [4.69, 9.17) is 9.84 Å². The molecule has 0 unspecified atom stereocenters. The number of rotatable bonds is 5. The van der Waals surface area contributed by atoms with Crippen molar-refractivity contribution >= 4 is 11.9 Å². The van der Waals surface area contributed by atoms with Crippen molar-refractivity contribution < 1.29 is 19.4 Å². The largest absolute Gasteiger partial charge is 0.494 e. The molecule has 1 aromatic rings. The van der Waals surface area contributed by atoms with Crippen molar-refractivity contribution in [1.82, 2.24) is 4.90 Å². The fourth-order valence-corrected chi connectivity index (χ4v) is 2.35. The number of aliphatic carboxylic acids is 1. The minimum Gasteiger partial charge on any atom is -0.494 e. The lowest BCUT2D eigenvalue weighted by atomic mass is 10.1. The fraction of sp³-hybridized carbons (Fsp3) is 0.467. The third kappa shape index (κ3) is 3.10. The highest BCUT2D eigenvalue weighted by Gasteiger charge is 2.34. The van der Waals surface area contributed by atoms with E-state index in [0.29, 0.717) is 25.1 Å². The van der Waals surface area contributed by atoms with Gasteiger partial charge in [0.2, 0.25) is 0 Å². The maximum atomic E-state index is 12.3. The predicted molar refractivity (Wildman–Crippen MR) is 73.9 cm³/mol. The van der Waals surface area contributed by atoms with E-state index in [2.05, 4.69) is 0 Å². The molecule has 1 aliphatic heterocycles. The van der Waals surface area contributed by atoms with E-state index < -0.39 is 12.0 Å². The summed E-state index contributed by atoms with van der Waals surface area (Å²) in [5.74, 6) is -0.435. The summed E-state index contributed by atoms with van der Waals surface area (Å²) in [7, 11) is 0. The number of hydrogen-bond donors (Lipinski definition) is 1. The lowest BCUT2D eigenvalue weighted by Gasteiger charge is -2.21. The first kappa shape index (κ1) is 14.4. The van der Waals surface area contributed by atoms with E-state index in [1.54, 1.807) is 24.3 Å². The van der Waals surface area contributed by atoms with Crippen molar-refractivity contribution in [3.05, 3.63) is 29.8 Å². The topological polar surface area (TPSA) is 66.8 Å². The molecule has 0 aliphatic carbocycles. The summed E-state index contributed by atoms with van der Waals surface area (Å²) in [6, 6.07) is 6.16. The zero-order valence-corrected chi connectivity index (χ0v) is 11.5. The summed E-state index contributed by atoms with van der Waals surface area (Å²) >= 11 is 0. The quantitative estimate of drug-likeness (QED) is 0.895. The maximum absolute atomic E-state index is 12.3. The van der Waals surface area contributed by atoms with E-state index in [-0.39, 0.29) is 5.91 Å². The normalized spacial score (nSPS) is 18.1. The number of nitrogens with zero attached hydrogens (tertiary/aromatic N) is 1. The van der Waals surface area contributed by atoms with Crippen LogP contribution in [0, 0.1) is 0 Å². The molecule has 2 rings (SSSR count). The molecule has 0 radical (unpaired) electrons. The second kappa shape index (κ2) is 6.41. The molecule has 5 nitrogen and oxygen atoms in total. The SMILES string of the molecule is CCCOc1ccc(C(=O)N2CCC[C@@H]2C(=O)O)cc1. The van der Waals surface area contributed by atoms with E-state index in [9.17, 15) is 9.59 Å². The molecule has 1 atom stereocenters. The Morgan fingerprint density at radius 3 is 2.65 bits per heavy atom. The Morgan fingerprint density at radius 1 is 1.35 bits per heavy atom. The monoisotopic (exact) mass is 277 g/mol. The first-order valence-electron chi connectivity index (χ1n) is 6.90. The van der Waals surface area contributed by atoms with Gasteiger partial charge in [-0.1, -0.05) is 6.92 Å². The molecule has 108 valence electrons. The summed E-state index contributed by atoms with van der Waals surface area (Å²) in [5, 5.41) is 9.11. The van der Waals surface area contributed by atoms with Crippen molar-refractivity contribution in [2.24, 2.45) is 0 Å². The molecule has 0 spiro atoms. The van der Waals surface area contributed by atoms with Crippen LogP contribution in [0.25, 0.3) is 0 Å². The lowest BCUT2D eigenvalue weighted by Crippen LogP contribution is -2.40. The van der Waals surface area contributed by atoms with Gasteiger partial charge in [-0.05, 0) is 43.5 Å². The van der Waals surface area contributed by atoms with Gasteiger partial charge < -0.3 is 14.7 Å². The van der Waals surface area contributed by atoms with Crippen LogP contribution in [-0.4, -0.2) is 41.1 Å². The Kier molecular flexibility index (Phi) is 4.61. The smallest absolute Gasteiger partial charge is 0.326 e. The number of hydrogen-bond acceptors (Lipinski definition) is 3. The molecule has 1 amide bonds. The Balaban J connectivity index is 2.07. The van der Waals surface area contributed by atoms with Crippen LogP contribution in [0.15, 0.2) is 24.3 Å². The van der Waals surface area contributed by atoms with Crippen LogP contribution in [0.5, 0.6) is 5.75 Å². The first-order chi connectivity index (χ1) is 9.63. The van der Waals surface area contributed by atoms with Gasteiger partial charge in [0, 0.05) is 12.1 Å². The summed E-state index contributed by atoms with van der Waals surface area (Å²) in [5.41, 5.74) is 0.502. The number of likely N-dealkylation sites (tertiary alicyclic amines) is 1. The minimum absolute atomic E-state index is 0.225. The molecule has 5 heteroatoms. The lowest BCUT2D eigenvalue weighted by molar-refractivity contribution is -0.141. The average Bonchev–Trinajstić information content (AvgIpc) is 2.94. The minimum atomic E-state index is -0.932. The van der Waals surface area contributed by atoms with Crippen LogP contribution in [0.3, 0.4) is 0 Å². The summed E-state index contributed by atoms with van der Waals surface area (Å²) in [6.45, 7) is 3.17. The van der Waals surface area contributed by atoms with Gasteiger partial charge in [-0.2, -0.15) is 0 Å². The van der Waals surface area contributed by atoms with Crippen LogP contribution in [0.2, 0.25) is 0 Å². The van der Waals surface area contributed by atoms with Gasteiger partial charge in [0.05, 0.1) is 6.61 Å². The van der Waals surface area contributed by atoms with Crippen LogP contribution in [-0.2, 0) is 4.79 Å². The Labute approximate surface area is 118 Å². The number of carbonyl (C=O) groups excluding carboxylic acids is 1. The predicted octanol–water partition coefficient (Wildman–Crippen LogP) is 2.16. The number of ether oxygens (including phenoxy) is 1. The van der Waals surface area contributed by atoms with Gasteiger partial charge >= 0.3 is 5.97 Å². The van der Waals surface area contributed by atoms with Crippen molar-refractivity contribution in [2.45, 2.75) is 32.2 Å². The third-order valence-corrected chi connectivity index (χ3v) is 3.37. The molecular formula is C15H19NO4. The van der Waals surface area contributed by atoms with Gasteiger partial charge in [0.1, 0.15) is 11.8 Å². The van der Waals surface area contributed by atoms with Crippen molar-refractivity contribution in [3.8, 4) is 5.75 Å². The zero-order chi connectivity index (χ0) is 14.5. The van der Waals surface area contributed by atoms with E-state index in [1.807, 2.05) is 6.92 Å². The Morgan fingerprint density at radius 2 is 2.05 bits per heavy atom. The molecule has 0 saturated carbocycles. The number of carboxylic acids is 1. The number of carbonyl (C=O) groups is 2. The van der Waals surface area contributed by atoms with Crippen molar-refractivity contribution in [3.63, 3.8) is 0 Å². The first-order valence-corrected chi connectivity index (χ1v) is 6.90. The van der Waals surface area contributed by atoms with E-state index in [0.717, 1.165) is 18.6 Å². The zero-order valence-electron chi connectivity index (χ0n) is 11.5. The molecular weight excluding hydrogens is 258 g/mol. The van der Waals surface area contributed by atoms with E-state index >= 15 is 0 Å². The third-order valence-electron chi connectivity index (χ3n) is 3.37. The fourth-order valence-electron chi connectivity index (χ4n) is 2.35. The van der Waals surface area contributed by atoms with Crippen LogP contribution in [0.1, 0.15) is 36.5 Å². The molecule has 1 heterocycles. The molecule has 1 N–H and O–H groups in total. The van der Waals surface area contributed by atoms with E-state index in [1.165, 1.54) is 4.90 Å². The molecule has 1 aliphatic rings. The summed E-state index contributed by atoms with van der Waals surface area (Å²) in [6.07, 6.45) is 2.19. The molecule has 1 saturated heterocycles. The van der Waals surface area contributed by atoms with Gasteiger partial charge in [-0.15, -0.1) is 0 Å². The Hall–Kier alpha value is -2.04. The summed E-state index contributed by atoms with van der Waals surface area (Å²) < 4.78 is 5.46. The highest BCUT2D eigenvalue weighted by Crippen LogP contribution is 2.21. The van der Waals surface area contributed by atoms with Gasteiger partial charge in [0.25, 0.3) is 5.91 Å². The van der Waals surface area contributed by atoms with Gasteiger partial charge in [-0.25, -0.2) is 4.79 Å². The Bertz CT molecular complexity index is 483. The number of benzene rings is 1.